The van der Waals surface area contributed by atoms with E-state index < -0.39 is 0 Å². The van der Waals surface area contributed by atoms with E-state index in [1.165, 1.54) is 12.8 Å². The van der Waals surface area contributed by atoms with Crippen LogP contribution in [0, 0.1) is 0 Å². The SMILES string of the molecule is CCCCN(C)CCC(N)CO. The fourth-order valence-electron chi connectivity index (χ4n) is 1.02. The van der Waals surface area contributed by atoms with Gasteiger partial charge in [0.15, 0.2) is 0 Å². The third-order valence-corrected chi connectivity index (χ3v) is 2.01. The molecule has 0 fully saturated rings. The first-order valence-corrected chi connectivity index (χ1v) is 4.75. The normalized spacial score (nSPS) is 13.8. The van der Waals surface area contributed by atoms with E-state index in [9.17, 15) is 0 Å². The molecule has 0 spiro atoms. The molecule has 0 rings (SSSR count). The Morgan fingerprint density at radius 1 is 1.42 bits per heavy atom. The van der Waals surface area contributed by atoms with Crippen LogP contribution in [0.25, 0.3) is 0 Å². The van der Waals surface area contributed by atoms with Crippen LogP contribution >= 0.6 is 0 Å². The lowest BCUT2D eigenvalue weighted by Crippen LogP contribution is -2.31. The molecule has 0 radical (unpaired) electrons. The number of nitrogens with two attached hydrogens (primary N) is 1. The Morgan fingerprint density at radius 3 is 2.58 bits per heavy atom. The molecule has 0 aromatic heterocycles. The molecule has 0 heterocycles. The predicted molar refractivity (Wildman–Crippen MR) is 52.1 cm³/mol. The zero-order valence-electron chi connectivity index (χ0n) is 8.29. The summed E-state index contributed by atoms with van der Waals surface area (Å²) in [5, 5.41) is 8.68. The summed E-state index contributed by atoms with van der Waals surface area (Å²) in [6.07, 6.45) is 3.36. The summed E-state index contributed by atoms with van der Waals surface area (Å²) in [7, 11) is 2.10. The molecule has 0 aromatic rings. The molecule has 0 bridgehead atoms. The molecule has 0 aliphatic rings. The van der Waals surface area contributed by atoms with Crippen LogP contribution in [0.5, 0.6) is 0 Å². The van der Waals surface area contributed by atoms with Gasteiger partial charge in [-0.2, -0.15) is 0 Å². The Labute approximate surface area is 75.6 Å². The first kappa shape index (κ1) is 11.9. The number of hydrogen-bond acceptors (Lipinski definition) is 3. The number of aliphatic hydroxyl groups excluding tert-OH is 1. The lowest BCUT2D eigenvalue weighted by Gasteiger charge is -2.17. The second kappa shape index (κ2) is 7.53. The Balaban J connectivity index is 3.24. The average Bonchev–Trinajstić information content (AvgIpc) is 2.10. The predicted octanol–water partition coefficient (Wildman–Crippen LogP) is 0.428. The van der Waals surface area contributed by atoms with Crippen molar-refractivity contribution in [3.63, 3.8) is 0 Å². The van der Waals surface area contributed by atoms with Gasteiger partial charge < -0.3 is 15.7 Å². The summed E-state index contributed by atoms with van der Waals surface area (Å²) >= 11 is 0. The second-order valence-electron chi connectivity index (χ2n) is 3.39. The minimum atomic E-state index is -0.0472. The van der Waals surface area contributed by atoms with E-state index >= 15 is 0 Å². The van der Waals surface area contributed by atoms with E-state index in [0.29, 0.717) is 0 Å². The van der Waals surface area contributed by atoms with E-state index in [1.54, 1.807) is 0 Å². The number of nitrogens with zero attached hydrogens (tertiary/aromatic N) is 1. The van der Waals surface area contributed by atoms with Crippen LogP contribution in [0.2, 0.25) is 0 Å². The monoisotopic (exact) mass is 174 g/mol. The molecule has 3 heteroatoms. The highest BCUT2D eigenvalue weighted by molar-refractivity contribution is 4.61. The van der Waals surface area contributed by atoms with Crippen molar-refractivity contribution in [1.29, 1.82) is 0 Å². The number of rotatable bonds is 7. The third-order valence-electron chi connectivity index (χ3n) is 2.01. The van der Waals surface area contributed by atoms with Crippen LogP contribution in [-0.4, -0.2) is 42.8 Å². The zero-order valence-corrected chi connectivity index (χ0v) is 8.29. The molecule has 3 nitrogen and oxygen atoms in total. The minimum absolute atomic E-state index is 0.0472. The molecule has 0 saturated heterocycles. The van der Waals surface area contributed by atoms with E-state index in [1.807, 2.05) is 0 Å². The molecule has 1 atom stereocenters. The Kier molecular flexibility index (Phi) is 7.45. The van der Waals surface area contributed by atoms with Crippen molar-refractivity contribution >= 4 is 0 Å². The smallest absolute Gasteiger partial charge is 0.0583 e. The summed E-state index contributed by atoms with van der Waals surface area (Å²) in [5.74, 6) is 0. The molecule has 0 aliphatic carbocycles. The average molecular weight is 174 g/mol. The molecule has 0 aliphatic heterocycles. The highest BCUT2D eigenvalue weighted by Gasteiger charge is 2.02. The molecule has 12 heavy (non-hydrogen) atoms. The molecule has 74 valence electrons. The fourth-order valence-corrected chi connectivity index (χ4v) is 1.02. The van der Waals surface area contributed by atoms with Crippen molar-refractivity contribution < 1.29 is 5.11 Å². The molecule has 3 N–H and O–H groups in total. The van der Waals surface area contributed by atoms with Crippen molar-refractivity contribution in [2.24, 2.45) is 5.73 Å². The highest BCUT2D eigenvalue weighted by Crippen LogP contribution is 1.94. The molecule has 0 amide bonds. The van der Waals surface area contributed by atoms with Crippen LogP contribution in [0.1, 0.15) is 26.2 Å². The fraction of sp³-hybridized carbons (Fsp3) is 1.00. The van der Waals surface area contributed by atoms with Gasteiger partial charge in [0, 0.05) is 6.04 Å². The van der Waals surface area contributed by atoms with Gasteiger partial charge in [-0.25, -0.2) is 0 Å². The Hall–Kier alpha value is -0.120. The molecular weight excluding hydrogens is 152 g/mol. The number of aliphatic hydroxyl groups is 1. The molecular formula is C9H22N2O. The highest BCUT2D eigenvalue weighted by atomic mass is 16.3. The van der Waals surface area contributed by atoms with Crippen molar-refractivity contribution in [3.8, 4) is 0 Å². The van der Waals surface area contributed by atoms with Gasteiger partial charge in [0.05, 0.1) is 6.61 Å². The summed E-state index contributed by atoms with van der Waals surface area (Å²) in [6, 6.07) is -0.0472. The zero-order chi connectivity index (χ0) is 9.40. The van der Waals surface area contributed by atoms with Gasteiger partial charge in [0.1, 0.15) is 0 Å². The Bertz CT molecular complexity index is 98.5. The summed E-state index contributed by atoms with van der Waals surface area (Å²) < 4.78 is 0. The van der Waals surface area contributed by atoms with Gasteiger partial charge in [0.2, 0.25) is 0 Å². The molecule has 0 saturated carbocycles. The lowest BCUT2D eigenvalue weighted by molar-refractivity contribution is 0.239. The van der Waals surface area contributed by atoms with Crippen LogP contribution in [-0.2, 0) is 0 Å². The number of hydrogen-bond donors (Lipinski definition) is 2. The first-order chi connectivity index (χ1) is 5.70. The van der Waals surface area contributed by atoms with E-state index in [-0.39, 0.29) is 12.6 Å². The van der Waals surface area contributed by atoms with E-state index in [0.717, 1.165) is 19.5 Å². The van der Waals surface area contributed by atoms with Gasteiger partial charge >= 0.3 is 0 Å². The second-order valence-corrected chi connectivity index (χ2v) is 3.39. The van der Waals surface area contributed by atoms with Crippen LogP contribution in [0.4, 0.5) is 0 Å². The standard InChI is InChI=1S/C9H22N2O/c1-3-4-6-11(2)7-5-9(10)8-12/h9,12H,3-8,10H2,1-2H3. The van der Waals surface area contributed by atoms with Gasteiger partial charge in [0.25, 0.3) is 0 Å². The maximum absolute atomic E-state index is 8.68. The maximum Gasteiger partial charge on any atom is 0.0583 e. The van der Waals surface area contributed by atoms with Crippen molar-refractivity contribution in [3.05, 3.63) is 0 Å². The topological polar surface area (TPSA) is 49.5 Å². The minimum Gasteiger partial charge on any atom is -0.395 e. The first-order valence-electron chi connectivity index (χ1n) is 4.75. The summed E-state index contributed by atoms with van der Waals surface area (Å²) in [6.45, 7) is 4.41. The summed E-state index contributed by atoms with van der Waals surface area (Å²) in [4.78, 5) is 2.26. The maximum atomic E-state index is 8.68. The van der Waals surface area contributed by atoms with Gasteiger partial charge in [-0.15, -0.1) is 0 Å². The third kappa shape index (κ3) is 6.58. The quantitative estimate of drug-likeness (QED) is 0.588. The van der Waals surface area contributed by atoms with Crippen molar-refractivity contribution in [2.45, 2.75) is 32.2 Å². The Morgan fingerprint density at radius 2 is 2.08 bits per heavy atom. The number of unbranched alkanes of at least 4 members (excludes halogenated alkanes) is 1. The van der Waals surface area contributed by atoms with Crippen LogP contribution in [0.3, 0.4) is 0 Å². The van der Waals surface area contributed by atoms with Crippen molar-refractivity contribution in [2.75, 3.05) is 26.7 Å². The van der Waals surface area contributed by atoms with Gasteiger partial charge in [-0.05, 0) is 33.0 Å². The van der Waals surface area contributed by atoms with Gasteiger partial charge in [-0.1, -0.05) is 13.3 Å². The summed E-state index contributed by atoms with van der Waals surface area (Å²) in [5.41, 5.74) is 5.57. The van der Waals surface area contributed by atoms with E-state index in [4.69, 9.17) is 10.8 Å². The van der Waals surface area contributed by atoms with Crippen molar-refractivity contribution in [1.82, 2.24) is 4.90 Å². The van der Waals surface area contributed by atoms with Crippen LogP contribution < -0.4 is 5.73 Å². The van der Waals surface area contributed by atoms with Crippen LogP contribution in [0.15, 0.2) is 0 Å². The lowest BCUT2D eigenvalue weighted by atomic mass is 10.2. The molecule has 1 unspecified atom stereocenters. The largest absolute Gasteiger partial charge is 0.395 e. The molecule has 0 aromatic carbocycles. The van der Waals surface area contributed by atoms with E-state index in [2.05, 4.69) is 18.9 Å². The van der Waals surface area contributed by atoms with Gasteiger partial charge in [-0.3, -0.25) is 0 Å².